The molecule has 0 aliphatic rings. The van der Waals surface area contributed by atoms with E-state index in [2.05, 4.69) is 30.3 Å². The molecule has 1 N–H and O–H groups in total. The van der Waals surface area contributed by atoms with Gasteiger partial charge in [-0.3, -0.25) is 4.79 Å². The molecule has 1 amide bonds. The summed E-state index contributed by atoms with van der Waals surface area (Å²) < 4.78 is 1.96. The van der Waals surface area contributed by atoms with Crippen LogP contribution in [0.1, 0.15) is 41.4 Å². The van der Waals surface area contributed by atoms with Crippen molar-refractivity contribution in [2.24, 2.45) is 0 Å². The number of aromatic nitrogens is 2. The maximum Gasteiger partial charge on any atom is 0.224 e. The number of carbonyl (C=O) groups is 1. The number of rotatable bonds is 6. The standard InChI is InChI=1S/C23H27N3O/c1-5-19-11-9-10-16(2)23(19)24-22(27)15-14-21-17(3)25-26(18(21)4)20-12-7-6-8-13-20/h6-13H,5,14-15H2,1-4H3,(H,24,27). The van der Waals surface area contributed by atoms with Crippen molar-refractivity contribution in [3.8, 4) is 5.69 Å². The first-order chi connectivity index (χ1) is 13.0. The molecule has 1 aromatic heterocycles. The van der Waals surface area contributed by atoms with Crippen LogP contribution in [-0.2, 0) is 17.6 Å². The zero-order valence-corrected chi connectivity index (χ0v) is 16.5. The van der Waals surface area contributed by atoms with Crippen LogP contribution in [0.15, 0.2) is 48.5 Å². The Hall–Kier alpha value is -2.88. The molecular formula is C23H27N3O. The Morgan fingerprint density at radius 2 is 1.78 bits per heavy atom. The van der Waals surface area contributed by atoms with E-state index in [0.29, 0.717) is 12.8 Å². The Balaban J connectivity index is 1.72. The molecule has 3 aromatic rings. The summed E-state index contributed by atoms with van der Waals surface area (Å²) in [6.07, 6.45) is 2.03. The lowest BCUT2D eigenvalue weighted by Crippen LogP contribution is -2.15. The summed E-state index contributed by atoms with van der Waals surface area (Å²) >= 11 is 0. The van der Waals surface area contributed by atoms with Crippen molar-refractivity contribution < 1.29 is 4.79 Å². The van der Waals surface area contributed by atoms with Crippen LogP contribution in [0.4, 0.5) is 5.69 Å². The van der Waals surface area contributed by atoms with Crippen molar-refractivity contribution in [2.75, 3.05) is 5.32 Å². The molecule has 0 atom stereocenters. The predicted octanol–water partition coefficient (Wildman–Crippen LogP) is 4.93. The highest BCUT2D eigenvalue weighted by Crippen LogP contribution is 2.23. The Bertz CT molecular complexity index is 942. The van der Waals surface area contributed by atoms with Gasteiger partial charge in [-0.2, -0.15) is 5.10 Å². The summed E-state index contributed by atoms with van der Waals surface area (Å²) in [5.74, 6) is 0.0465. The van der Waals surface area contributed by atoms with Crippen LogP contribution in [0.2, 0.25) is 0 Å². The van der Waals surface area contributed by atoms with E-state index in [4.69, 9.17) is 0 Å². The predicted molar refractivity (Wildman–Crippen MR) is 111 cm³/mol. The van der Waals surface area contributed by atoms with Crippen molar-refractivity contribution in [1.82, 2.24) is 9.78 Å². The fourth-order valence-corrected chi connectivity index (χ4v) is 3.50. The average Bonchev–Trinajstić information content (AvgIpc) is 2.96. The van der Waals surface area contributed by atoms with Crippen molar-refractivity contribution in [3.63, 3.8) is 0 Å². The SMILES string of the molecule is CCc1cccc(C)c1NC(=O)CCc1c(C)nn(-c2ccccc2)c1C. The van der Waals surface area contributed by atoms with E-state index in [1.807, 2.05) is 61.0 Å². The maximum atomic E-state index is 12.6. The molecule has 27 heavy (non-hydrogen) atoms. The molecule has 0 aliphatic carbocycles. The van der Waals surface area contributed by atoms with E-state index in [0.717, 1.165) is 40.3 Å². The normalized spacial score (nSPS) is 10.8. The zero-order chi connectivity index (χ0) is 19.4. The van der Waals surface area contributed by atoms with Gasteiger partial charge in [-0.25, -0.2) is 4.68 Å². The van der Waals surface area contributed by atoms with E-state index in [1.54, 1.807) is 0 Å². The van der Waals surface area contributed by atoms with Gasteiger partial charge in [-0.15, -0.1) is 0 Å². The summed E-state index contributed by atoms with van der Waals surface area (Å²) in [6.45, 7) is 8.22. The molecule has 140 valence electrons. The minimum absolute atomic E-state index is 0.0465. The van der Waals surface area contributed by atoms with Crippen LogP contribution in [0.3, 0.4) is 0 Å². The Morgan fingerprint density at radius 1 is 1.04 bits per heavy atom. The largest absolute Gasteiger partial charge is 0.326 e. The lowest BCUT2D eigenvalue weighted by atomic mass is 10.0. The third-order valence-corrected chi connectivity index (χ3v) is 5.05. The van der Waals surface area contributed by atoms with Gasteiger partial charge in [0.1, 0.15) is 0 Å². The second-order valence-electron chi connectivity index (χ2n) is 6.91. The molecule has 0 bridgehead atoms. The van der Waals surface area contributed by atoms with E-state index in [-0.39, 0.29) is 5.91 Å². The van der Waals surface area contributed by atoms with Gasteiger partial charge in [0.15, 0.2) is 0 Å². The fourth-order valence-electron chi connectivity index (χ4n) is 3.50. The maximum absolute atomic E-state index is 12.6. The summed E-state index contributed by atoms with van der Waals surface area (Å²) in [4.78, 5) is 12.6. The minimum atomic E-state index is 0.0465. The van der Waals surface area contributed by atoms with Crippen molar-refractivity contribution in [3.05, 3.63) is 76.6 Å². The van der Waals surface area contributed by atoms with E-state index >= 15 is 0 Å². The highest BCUT2D eigenvalue weighted by Gasteiger charge is 2.15. The van der Waals surface area contributed by atoms with Gasteiger partial charge in [0.25, 0.3) is 0 Å². The lowest BCUT2D eigenvalue weighted by Gasteiger charge is -2.13. The summed E-state index contributed by atoms with van der Waals surface area (Å²) in [5, 5.41) is 7.78. The number of para-hydroxylation sites is 2. The first-order valence-electron chi connectivity index (χ1n) is 9.50. The second-order valence-corrected chi connectivity index (χ2v) is 6.91. The van der Waals surface area contributed by atoms with Crippen molar-refractivity contribution in [2.45, 2.75) is 47.0 Å². The van der Waals surface area contributed by atoms with Crippen molar-refractivity contribution in [1.29, 1.82) is 0 Å². The van der Waals surface area contributed by atoms with Gasteiger partial charge in [0.05, 0.1) is 11.4 Å². The third kappa shape index (κ3) is 4.11. The molecule has 0 saturated heterocycles. The molecule has 0 radical (unpaired) electrons. The number of nitrogens with zero attached hydrogens (tertiary/aromatic N) is 2. The molecule has 0 spiro atoms. The third-order valence-electron chi connectivity index (χ3n) is 5.05. The topological polar surface area (TPSA) is 46.9 Å². The highest BCUT2D eigenvalue weighted by molar-refractivity contribution is 5.92. The molecule has 0 unspecified atom stereocenters. The lowest BCUT2D eigenvalue weighted by molar-refractivity contribution is -0.116. The van der Waals surface area contributed by atoms with Crippen molar-refractivity contribution >= 4 is 11.6 Å². The number of nitrogens with one attached hydrogen (secondary N) is 1. The summed E-state index contributed by atoms with van der Waals surface area (Å²) in [5.41, 5.74) is 7.50. The van der Waals surface area contributed by atoms with Crippen LogP contribution in [-0.4, -0.2) is 15.7 Å². The number of hydrogen-bond acceptors (Lipinski definition) is 2. The van der Waals surface area contributed by atoms with Crippen LogP contribution in [0.25, 0.3) is 5.69 Å². The average molecular weight is 361 g/mol. The number of aryl methyl sites for hydroxylation is 3. The quantitative estimate of drug-likeness (QED) is 0.676. The first kappa shape index (κ1) is 18.9. The van der Waals surface area contributed by atoms with Crippen LogP contribution in [0.5, 0.6) is 0 Å². The summed E-state index contributed by atoms with van der Waals surface area (Å²) in [6, 6.07) is 16.2. The summed E-state index contributed by atoms with van der Waals surface area (Å²) in [7, 11) is 0. The minimum Gasteiger partial charge on any atom is -0.326 e. The van der Waals surface area contributed by atoms with Gasteiger partial charge in [-0.05, 0) is 62.4 Å². The van der Waals surface area contributed by atoms with E-state index in [9.17, 15) is 4.79 Å². The first-order valence-corrected chi connectivity index (χ1v) is 9.50. The highest BCUT2D eigenvalue weighted by atomic mass is 16.1. The van der Waals surface area contributed by atoms with Gasteiger partial charge in [0, 0.05) is 17.8 Å². The van der Waals surface area contributed by atoms with Gasteiger partial charge in [-0.1, -0.05) is 43.3 Å². The van der Waals surface area contributed by atoms with Gasteiger partial charge >= 0.3 is 0 Å². The van der Waals surface area contributed by atoms with Crippen LogP contribution < -0.4 is 5.32 Å². The van der Waals surface area contributed by atoms with Gasteiger partial charge < -0.3 is 5.32 Å². The Kier molecular flexibility index (Phi) is 5.75. The molecule has 1 heterocycles. The molecular weight excluding hydrogens is 334 g/mol. The number of carbonyl (C=O) groups excluding carboxylic acids is 1. The van der Waals surface area contributed by atoms with Crippen LogP contribution >= 0.6 is 0 Å². The van der Waals surface area contributed by atoms with E-state index in [1.165, 1.54) is 5.56 Å². The molecule has 4 heteroatoms. The molecule has 0 saturated carbocycles. The fraction of sp³-hybridized carbons (Fsp3) is 0.304. The number of hydrogen-bond donors (Lipinski definition) is 1. The Morgan fingerprint density at radius 3 is 2.48 bits per heavy atom. The molecule has 0 aliphatic heterocycles. The Labute approximate surface area is 161 Å². The molecule has 3 rings (SSSR count). The number of anilines is 1. The van der Waals surface area contributed by atoms with Gasteiger partial charge in [0.2, 0.25) is 5.91 Å². The smallest absolute Gasteiger partial charge is 0.224 e. The zero-order valence-electron chi connectivity index (χ0n) is 16.5. The van der Waals surface area contributed by atoms with Crippen LogP contribution in [0, 0.1) is 20.8 Å². The molecule has 4 nitrogen and oxygen atoms in total. The molecule has 2 aromatic carbocycles. The molecule has 0 fully saturated rings. The number of benzene rings is 2. The monoisotopic (exact) mass is 361 g/mol. The number of amides is 1. The second kappa shape index (κ2) is 8.21. The van der Waals surface area contributed by atoms with E-state index < -0.39 is 0 Å².